The summed E-state index contributed by atoms with van der Waals surface area (Å²) in [6.07, 6.45) is 1.19. The number of carbonyl (C=O) groups excluding carboxylic acids is 1. The molecule has 6 heteroatoms. The molecule has 0 amide bonds. The van der Waals surface area contributed by atoms with Crippen LogP contribution in [0.25, 0.3) is 0 Å². The molecular weight excluding hydrogens is 407 g/mol. The Morgan fingerprint density at radius 2 is 1.86 bits per heavy atom. The van der Waals surface area contributed by atoms with Gasteiger partial charge in [0.25, 0.3) is 0 Å². The van der Waals surface area contributed by atoms with E-state index in [4.69, 9.17) is 11.6 Å². The van der Waals surface area contributed by atoms with Crippen molar-refractivity contribution < 1.29 is 9.18 Å². The highest BCUT2D eigenvalue weighted by Crippen LogP contribution is 2.45. The summed E-state index contributed by atoms with van der Waals surface area (Å²) in [5.41, 5.74) is 4.05. The number of para-hydroxylation sites is 2. The summed E-state index contributed by atoms with van der Waals surface area (Å²) in [6.45, 7) is 0. The van der Waals surface area contributed by atoms with Crippen molar-refractivity contribution in [1.82, 2.24) is 0 Å². The van der Waals surface area contributed by atoms with Gasteiger partial charge in [-0.3, -0.25) is 4.79 Å². The van der Waals surface area contributed by atoms with Gasteiger partial charge in [-0.15, -0.1) is 11.3 Å². The van der Waals surface area contributed by atoms with Crippen molar-refractivity contribution >= 4 is 40.1 Å². The van der Waals surface area contributed by atoms with Crippen molar-refractivity contribution in [1.29, 1.82) is 0 Å². The third kappa shape index (κ3) is 3.34. The minimum atomic E-state index is -0.488. The molecule has 2 atom stereocenters. The minimum absolute atomic E-state index is 0.0721. The van der Waals surface area contributed by atoms with Crippen molar-refractivity contribution in [2.75, 3.05) is 10.6 Å². The number of allylic oxidation sites excluding steroid dienone is 1. The van der Waals surface area contributed by atoms with E-state index in [1.54, 1.807) is 23.5 Å². The van der Waals surface area contributed by atoms with Crippen LogP contribution in [0.4, 0.5) is 15.8 Å². The molecule has 1 aliphatic heterocycles. The molecule has 0 bridgehead atoms. The van der Waals surface area contributed by atoms with E-state index in [1.165, 1.54) is 10.9 Å². The Morgan fingerprint density at radius 1 is 1.03 bits per heavy atom. The number of carbonyl (C=O) groups is 1. The second kappa shape index (κ2) is 7.32. The molecule has 0 saturated heterocycles. The van der Waals surface area contributed by atoms with E-state index < -0.39 is 11.9 Å². The summed E-state index contributed by atoms with van der Waals surface area (Å²) in [6, 6.07) is 16.2. The molecule has 0 fully saturated rings. The molecule has 29 heavy (non-hydrogen) atoms. The van der Waals surface area contributed by atoms with E-state index in [2.05, 4.69) is 16.7 Å². The zero-order chi connectivity index (χ0) is 20.0. The minimum Gasteiger partial charge on any atom is -0.372 e. The van der Waals surface area contributed by atoms with Crippen LogP contribution >= 0.6 is 22.9 Å². The van der Waals surface area contributed by atoms with Gasteiger partial charge in [0, 0.05) is 28.5 Å². The molecular formula is C23H18ClFN2OS. The molecule has 2 heterocycles. The highest BCUT2D eigenvalue weighted by Gasteiger charge is 2.36. The highest BCUT2D eigenvalue weighted by molar-refractivity contribution is 7.10. The number of fused-ring (bicyclic) bond motifs is 1. The van der Waals surface area contributed by atoms with Gasteiger partial charge in [0.15, 0.2) is 5.78 Å². The van der Waals surface area contributed by atoms with Gasteiger partial charge < -0.3 is 10.6 Å². The predicted molar refractivity (Wildman–Crippen MR) is 116 cm³/mol. The van der Waals surface area contributed by atoms with Crippen molar-refractivity contribution in [3.8, 4) is 0 Å². The summed E-state index contributed by atoms with van der Waals surface area (Å²) >= 11 is 7.57. The lowest BCUT2D eigenvalue weighted by Gasteiger charge is -2.29. The Morgan fingerprint density at radius 3 is 2.62 bits per heavy atom. The maximum atomic E-state index is 14.2. The smallest absolute Gasteiger partial charge is 0.163 e. The summed E-state index contributed by atoms with van der Waals surface area (Å²) in [7, 11) is 0. The monoisotopic (exact) mass is 424 g/mol. The van der Waals surface area contributed by atoms with Crippen LogP contribution < -0.4 is 10.6 Å². The number of halogens is 2. The van der Waals surface area contributed by atoms with E-state index >= 15 is 0 Å². The number of anilines is 2. The topological polar surface area (TPSA) is 41.1 Å². The van der Waals surface area contributed by atoms with E-state index in [-0.39, 0.29) is 16.7 Å². The SMILES string of the molecule is O=C1C[C@H](c2cccs2)CC2=C1[C@@H](c1ccc(Cl)c(F)c1)Nc1ccccc1N2. The number of thiophene rings is 1. The second-order valence-corrected chi connectivity index (χ2v) is 8.74. The Balaban J connectivity index is 1.64. The summed E-state index contributed by atoms with van der Waals surface area (Å²) in [5.74, 6) is -0.252. The van der Waals surface area contributed by atoms with Gasteiger partial charge in [-0.2, -0.15) is 0 Å². The molecule has 2 aliphatic rings. The fourth-order valence-corrected chi connectivity index (χ4v) is 5.11. The van der Waals surface area contributed by atoms with E-state index in [0.29, 0.717) is 17.6 Å². The summed E-state index contributed by atoms with van der Waals surface area (Å²) in [4.78, 5) is 14.5. The molecule has 146 valence electrons. The molecule has 2 aromatic carbocycles. The number of hydrogen-bond acceptors (Lipinski definition) is 4. The van der Waals surface area contributed by atoms with Gasteiger partial charge in [-0.1, -0.05) is 35.9 Å². The van der Waals surface area contributed by atoms with Crippen LogP contribution in [0.1, 0.15) is 35.2 Å². The number of nitrogens with one attached hydrogen (secondary N) is 2. The van der Waals surface area contributed by atoms with Crippen molar-refractivity contribution in [2.24, 2.45) is 0 Å². The fourth-order valence-electron chi connectivity index (χ4n) is 4.16. The first-order chi connectivity index (χ1) is 14.1. The van der Waals surface area contributed by atoms with Crippen molar-refractivity contribution in [2.45, 2.75) is 24.8 Å². The van der Waals surface area contributed by atoms with Crippen molar-refractivity contribution in [3.63, 3.8) is 0 Å². The molecule has 3 aromatic rings. The molecule has 0 unspecified atom stereocenters. The van der Waals surface area contributed by atoms with Crippen LogP contribution in [-0.4, -0.2) is 5.78 Å². The Labute approximate surface area is 177 Å². The quantitative estimate of drug-likeness (QED) is 0.492. The maximum absolute atomic E-state index is 14.2. The number of hydrogen-bond donors (Lipinski definition) is 2. The third-order valence-electron chi connectivity index (χ3n) is 5.53. The Hall–Kier alpha value is -2.63. The van der Waals surface area contributed by atoms with Gasteiger partial charge in [-0.05, 0) is 47.7 Å². The summed E-state index contributed by atoms with van der Waals surface area (Å²) in [5, 5.41) is 9.06. The second-order valence-electron chi connectivity index (χ2n) is 7.36. The molecule has 0 saturated carbocycles. The third-order valence-corrected chi connectivity index (χ3v) is 6.87. The first-order valence-corrected chi connectivity index (χ1v) is 10.7. The van der Waals surface area contributed by atoms with E-state index in [9.17, 15) is 9.18 Å². The molecule has 3 nitrogen and oxygen atoms in total. The molecule has 1 aromatic heterocycles. The van der Waals surface area contributed by atoms with Crippen LogP contribution in [0.5, 0.6) is 0 Å². The zero-order valence-corrected chi connectivity index (χ0v) is 17.0. The predicted octanol–water partition coefficient (Wildman–Crippen LogP) is 6.52. The fraction of sp³-hybridized carbons (Fsp3) is 0.174. The van der Waals surface area contributed by atoms with Gasteiger partial charge >= 0.3 is 0 Å². The number of ketones is 1. The van der Waals surface area contributed by atoms with Crippen LogP contribution in [0.15, 0.2) is 71.2 Å². The van der Waals surface area contributed by atoms with Gasteiger partial charge in [-0.25, -0.2) is 4.39 Å². The number of rotatable bonds is 2. The van der Waals surface area contributed by atoms with E-state index in [0.717, 1.165) is 23.5 Å². The summed E-state index contributed by atoms with van der Waals surface area (Å²) < 4.78 is 14.2. The first-order valence-electron chi connectivity index (χ1n) is 9.47. The Kier molecular flexibility index (Phi) is 4.64. The molecule has 0 spiro atoms. The van der Waals surface area contributed by atoms with Crippen LogP contribution in [0.3, 0.4) is 0 Å². The lowest BCUT2D eigenvalue weighted by molar-refractivity contribution is -0.116. The van der Waals surface area contributed by atoms with Crippen LogP contribution in [0.2, 0.25) is 5.02 Å². The normalized spacial score (nSPS) is 21.0. The first kappa shape index (κ1) is 18.4. The van der Waals surface area contributed by atoms with Gasteiger partial charge in [0.2, 0.25) is 0 Å². The van der Waals surface area contributed by atoms with E-state index in [1.807, 2.05) is 35.7 Å². The molecule has 0 radical (unpaired) electrons. The van der Waals surface area contributed by atoms with Crippen molar-refractivity contribution in [3.05, 3.63) is 92.5 Å². The average molecular weight is 425 g/mol. The standard InChI is InChI=1S/C23H18ClFN2OS/c24-15-8-7-13(10-16(15)25)23-22-19(26-17-4-1-2-5-18(17)27-23)11-14(12-20(22)28)21-6-3-9-29-21/h1-10,14,23,26-27H,11-12H2/t14-,23-/m1/s1. The molecule has 5 rings (SSSR count). The lowest BCUT2D eigenvalue weighted by Crippen LogP contribution is -2.26. The van der Waals surface area contributed by atoms with Gasteiger partial charge in [0.05, 0.1) is 22.4 Å². The lowest BCUT2D eigenvalue weighted by atomic mass is 9.81. The van der Waals surface area contributed by atoms with Crippen LogP contribution in [0, 0.1) is 5.82 Å². The Bertz CT molecular complexity index is 1130. The molecule has 1 aliphatic carbocycles. The average Bonchev–Trinajstić information content (AvgIpc) is 3.19. The molecule has 2 N–H and O–H groups in total. The maximum Gasteiger partial charge on any atom is 0.163 e. The highest BCUT2D eigenvalue weighted by atomic mass is 35.5. The number of Topliss-reactive ketones (excluding diaryl/α,β-unsaturated/α-hetero) is 1. The zero-order valence-electron chi connectivity index (χ0n) is 15.4. The largest absolute Gasteiger partial charge is 0.372 e. The number of benzene rings is 2. The van der Waals surface area contributed by atoms with Gasteiger partial charge in [0.1, 0.15) is 5.82 Å². The van der Waals surface area contributed by atoms with Crippen LogP contribution in [-0.2, 0) is 4.79 Å².